The predicted molar refractivity (Wildman–Crippen MR) is 90.7 cm³/mol. The Morgan fingerprint density at radius 2 is 1.91 bits per heavy atom. The number of benzene rings is 1. The van der Waals surface area contributed by atoms with E-state index in [2.05, 4.69) is 15.6 Å². The summed E-state index contributed by atoms with van der Waals surface area (Å²) in [7, 11) is 4.78. The van der Waals surface area contributed by atoms with Crippen LogP contribution in [-0.4, -0.2) is 39.7 Å². The topological polar surface area (TPSA) is 98.0 Å². The van der Waals surface area contributed by atoms with Gasteiger partial charge in [0.05, 0.1) is 26.2 Å². The van der Waals surface area contributed by atoms with Crippen molar-refractivity contribution in [1.29, 1.82) is 0 Å². The maximum atomic E-state index is 11.7. The molecule has 1 aromatic carbocycles. The Morgan fingerprint density at radius 3 is 2.48 bits per heavy atom. The van der Waals surface area contributed by atoms with Crippen LogP contribution in [0, 0.1) is 5.41 Å². The molecule has 1 amide bonds. The number of guanidine groups is 1. The molecule has 4 N–H and O–H groups in total. The fourth-order valence-corrected chi connectivity index (χ4v) is 1.94. The van der Waals surface area contributed by atoms with Gasteiger partial charge in [-0.25, -0.2) is 4.99 Å². The van der Waals surface area contributed by atoms with Gasteiger partial charge in [0.25, 0.3) is 0 Å². The lowest BCUT2D eigenvalue weighted by molar-refractivity contribution is -0.128. The van der Waals surface area contributed by atoms with Gasteiger partial charge in [0.1, 0.15) is 0 Å². The van der Waals surface area contributed by atoms with Gasteiger partial charge < -0.3 is 25.8 Å². The molecule has 1 rings (SSSR count). The third-order valence-corrected chi connectivity index (χ3v) is 3.43. The van der Waals surface area contributed by atoms with E-state index in [0.717, 1.165) is 5.56 Å². The first-order valence-corrected chi connectivity index (χ1v) is 7.31. The zero-order valence-corrected chi connectivity index (χ0v) is 14.4. The zero-order valence-electron chi connectivity index (χ0n) is 14.4. The maximum Gasteiger partial charge on any atom is 0.227 e. The van der Waals surface area contributed by atoms with E-state index < -0.39 is 5.41 Å². The van der Waals surface area contributed by atoms with Crippen LogP contribution in [0.1, 0.15) is 19.4 Å². The molecule has 0 aliphatic carbocycles. The van der Waals surface area contributed by atoms with Crippen LogP contribution >= 0.6 is 0 Å². The molecule has 0 radical (unpaired) electrons. The Hall–Kier alpha value is -2.44. The summed E-state index contributed by atoms with van der Waals surface area (Å²) in [4.78, 5) is 16.0. The smallest absolute Gasteiger partial charge is 0.227 e. The highest BCUT2D eigenvalue weighted by atomic mass is 16.5. The van der Waals surface area contributed by atoms with E-state index in [-0.39, 0.29) is 11.9 Å². The molecule has 0 saturated carbocycles. The molecule has 0 atom stereocenters. The molecule has 0 fully saturated rings. The van der Waals surface area contributed by atoms with Gasteiger partial charge in [-0.3, -0.25) is 4.79 Å². The van der Waals surface area contributed by atoms with E-state index in [1.807, 2.05) is 32.0 Å². The van der Waals surface area contributed by atoms with Crippen molar-refractivity contribution in [2.24, 2.45) is 16.1 Å². The van der Waals surface area contributed by atoms with Crippen molar-refractivity contribution in [2.45, 2.75) is 20.4 Å². The Labute approximate surface area is 137 Å². The van der Waals surface area contributed by atoms with Crippen molar-refractivity contribution < 1.29 is 14.3 Å². The molecule has 0 heterocycles. The fourth-order valence-electron chi connectivity index (χ4n) is 1.94. The van der Waals surface area contributed by atoms with E-state index in [1.165, 1.54) is 0 Å². The van der Waals surface area contributed by atoms with Crippen LogP contribution in [0.15, 0.2) is 23.2 Å². The number of nitrogens with zero attached hydrogens (tertiary/aromatic N) is 1. The van der Waals surface area contributed by atoms with Gasteiger partial charge in [0.2, 0.25) is 5.91 Å². The largest absolute Gasteiger partial charge is 0.493 e. The summed E-state index contributed by atoms with van der Waals surface area (Å²) in [5.41, 5.74) is 6.22. The molecule has 0 aliphatic rings. The van der Waals surface area contributed by atoms with Gasteiger partial charge in [-0.05, 0) is 31.5 Å². The number of carbonyl (C=O) groups excluding carboxylic acids is 1. The minimum Gasteiger partial charge on any atom is -0.493 e. The van der Waals surface area contributed by atoms with E-state index in [4.69, 9.17) is 15.2 Å². The van der Waals surface area contributed by atoms with Gasteiger partial charge in [0.15, 0.2) is 17.5 Å². The summed E-state index contributed by atoms with van der Waals surface area (Å²) in [6, 6.07) is 5.57. The molecule has 0 spiro atoms. The van der Waals surface area contributed by atoms with Gasteiger partial charge in [-0.15, -0.1) is 0 Å². The van der Waals surface area contributed by atoms with E-state index >= 15 is 0 Å². The van der Waals surface area contributed by atoms with Crippen LogP contribution in [0.4, 0.5) is 0 Å². The molecular weight excluding hydrogens is 296 g/mol. The first-order valence-electron chi connectivity index (χ1n) is 7.31. The van der Waals surface area contributed by atoms with Crippen molar-refractivity contribution in [3.63, 3.8) is 0 Å². The number of nitrogens with one attached hydrogen (secondary N) is 2. The molecule has 0 aliphatic heterocycles. The number of rotatable bonds is 7. The molecule has 23 heavy (non-hydrogen) atoms. The average Bonchev–Trinajstić information content (AvgIpc) is 2.56. The average molecular weight is 322 g/mol. The maximum absolute atomic E-state index is 11.7. The normalized spacial score (nSPS) is 11.8. The Balaban J connectivity index is 2.65. The second-order valence-corrected chi connectivity index (χ2v) is 5.71. The highest BCUT2D eigenvalue weighted by Gasteiger charge is 2.26. The summed E-state index contributed by atoms with van der Waals surface area (Å²) < 4.78 is 10.4. The summed E-state index contributed by atoms with van der Waals surface area (Å²) in [6.07, 6.45) is 0. The summed E-state index contributed by atoms with van der Waals surface area (Å²) in [5.74, 6) is 1.54. The lowest BCUT2D eigenvalue weighted by atomic mass is 9.92. The van der Waals surface area contributed by atoms with Crippen LogP contribution in [-0.2, 0) is 11.3 Å². The number of ether oxygens (including phenoxy) is 2. The number of aliphatic imine (C=N–C) groups is 1. The third kappa shape index (κ3) is 5.36. The predicted octanol–water partition coefficient (Wildman–Crippen LogP) is 0.880. The summed E-state index contributed by atoms with van der Waals surface area (Å²) in [6.45, 7) is 4.47. The second-order valence-electron chi connectivity index (χ2n) is 5.71. The van der Waals surface area contributed by atoms with Gasteiger partial charge in [0, 0.05) is 13.6 Å². The molecular formula is C16H26N4O3. The third-order valence-electron chi connectivity index (χ3n) is 3.43. The molecule has 0 saturated heterocycles. The number of hydrogen-bond donors (Lipinski definition) is 3. The minimum atomic E-state index is -0.571. The van der Waals surface area contributed by atoms with E-state index in [1.54, 1.807) is 21.3 Å². The summed E-state index contributed by atoms with van der Waals surface area (Å²) in [5, 5.41) is 5.60. The van der Waals surface area contributed by atoms with Crippen molar-refractivity contribution in [3.8, 4) is 11.5 Å². The number of hydrogen-bond acceptors (Lipinski definition) is 4. The van der Waals surface area contributed by atoms with Gasteiger partial charge in [-0.2, -0.15) is 0 Å². The van der Waals surface area contributed by atoms with Crippen molar-refractivity contribution in [3.05, 3.63) is 23.8 Å². The number of nitrogens with two attached hydrogens (primary N) is 1. The van der Waals surface area contributed by atoms with Crippen LogP contribution in [0.3, 0.4) is 0 Å². The van der Waals surface area contributed by atoms with E-state index in [0.29, 0.717) is 24.6 Å². The van der Waals surface area contributed by atoms with Crippen LogP contribution in [0.5, 0.6) is 11.5 Å². The number of amides is 1. The van der Waals surface area contributed by atoms with Crippen LogP contribution < -0.4 is 25.8 Å². The molecule has 128 valence electrons. The standard InChI is InChI=1S/C16H26N4O3/c1-16(2,14(21)18-3)10-20-15(17)19-9-11-6-7-12(22-4)13(8-11)23-5/h6-8H,9-10H2,1-5H3,(H,18,21)(H3,17,19,20). The summed E-state index contributed by atoms with van der Waals surface area (Å²) >= 11 is 0. The monoisotopic (exact) mass is 322 g/mol. The SMILES string of the molecule is CNC(=O)C(C)(C)CNC(N)=NCc1ccc(OC)c(OC)c1. The first kappa shape index (κ1) is 18.6. The van der Waals surface area contributed by atoms with Crippen molar-refractivity contribution in [1.82, 2.24) is 10.6 Å². The molecule has 7 heteroatoms. The minimum absolute atomic E-state index is 0.0577. The Bertz CT molecular complexity index is 570. The quantitative estimate of drug-likeness (QED) is 0.511. The van der Waals surface area contributed by atoms with Gasteiger partial charge in [-0.1, -0.05) is 6.07 Å². The lowest BCUT2D eigenvalue weighted by Gasteiger charge is -2.23. The first-order chi connectivity index (χ1) is 10.8. The van der Waals surface area contributed by atoms with Crippen LogP contribution in [0.25, 0.3) is 0 Å². The highest BCUT2D eigenvalue weighted by Crippen LogP contribution is 2.27. The highest BCUT2D eigenvalue weighted by molar-refractivity contribution is 5.83. The van der Waals surface area contributed by atoms with Crippen LogP contribution in [0.2, 0.25) is 0 Å². The van der Waals surface area contributed by atoms with Crippen molar-refractivity contribution >= 4 is 11.9 Å². The van der Waals surface area contributed by atoms with E-state index in [9.17, 15) is 4.79 Å². The van der Waals surface area contributed by atoms with Gasteiger partial charge >= 0.3 is 0 Å². The second kappa shape index (κ2) is 8.26. The zero-order chi connectivity index (χ0) is 17.5. The lowest BCUT2D eigenvalue weighted by Crippen LogP contribution is -2.45. The number of carbonyl (C=O) groups is 1. The molecule has 0 bridgehead atoms. The molecule has 7 nitrogen and oxygen atoms in total. The number of methoxy groups -OCH3 is 2. The molecule has 1 aromatic rings. The molecule has 0 unspecified atom stereocenters. The Morgan fingerprint density at radius 1 is 1.26 bits per heavy atom. The Kier molecular flexibility index (Phi) is 6.68. The molecule has 0 aromatic heterocycles. The van der Waals surface area contributed by atoms with Crippen molar-refractivity contribution in [2.75, 3.05) is 27.8 Å². The fraction of sp³-hybridized carbons (Fsp3) is 0.500.